The fourth-order valence-corrected chi connectivity index (χ4v) is 2.49. The lowest BCUT2D eigenvalue weighted by Gasteiger charge is -2.10. The summed E-state index contributed by atoms with van der Waals surface area (Å²) in [5.41, 5.74) is 2.66. The molecule has 0 aliphatic rings. The molecule has 26 heavy (non-hydrogen) atoms. The first-order valence-electron chi connectivity index (χ1n) is 7.83. The van der Waals surface area contributed by atoms with Crippen LogP contribution >= 0.6 is 0 Å². The first-order valence-corrected chi connectivity index (χ1v) is 7.83. The van der Waals surface area contributed by atoms with Crippen LogP contribution in [0.2, 0.25) is 0 Å². The van der Waals surface area contributed by atoms with Gasteiger partial charge in [-0.15, -0.1) is 0 Å². The van der Waals surface area contributed by atoms with Gasteiger partial charge in [-0.1, -0.05) is 42.5 Å². The Hall–Kier alpha value is -3.80. The highest BCUT2D eigenvalue weighted by Crippen LogP contribution is 2.24. The van der Waals surface area contributed by atoms with Crippen molar-refractivity contribution in [3.63, 3.8) is 0 Å². The Morgan fingerprint density at radius 2 is 1.38 bits per heavy atom. The van der Waals surface area contributed by atoms with E-state index in [2.05, 4.69) is 10.6 Å². The molecule has 4 N–H and O–H groups in total. The number of carboxylic acid groups (broad SMARTS) is 1. The van der Waals surface area contributed by atoms with Gasteiger partial charge in [0.2, 0.25) is 0 Å². The molecule has 130 valence electrons. The second kappa shape index (κ2) is 7.40. The molecule has 0 radical (unpaired) electrons. The van der Waals surface area contributed by atoms with E-state index in [1.807, 2.05) is 48.5 Å². The molecule has 0 saturated carbocycles. The number of nitrogens with one attached hydrogen (secondary N) is 2. The van der Waals surface area contributed by atoms with E-state index in [1.54, 1.807) is 6.07 Å². The van der Waals surface area contributed by atoms with Gasteiger partial charge in [0.05, 0.1) is 0 Å². The molecular weight excluding hydrogens is 332 g/mol. The number of aromatic carboxylic acids is 1. The van der Waals surface area contributed by atoms with Crippen LogP contribution in [0.3, 0.4) is 0 Å². The van der Waals surface area contributed by atoms with Crippen molar-refractivity contribution in [3.8, 4) is 16.9 Å². The largest absolute Gasteiger partial charge is 0.507 e. The zero-order valence-corrected chi connectivity index (χ0v) is 13.6. The number of carbonyl (C=O) groups excluding carboxylic acids is 1. The molecule has 2 amide bonds. The van der Waals surface area contributed by atoms with Crippen LogP contribution in [0, 0.1) is 0 Å². The number of aromatic hydroxyl groups is 1. The average Bonchev–Trinajstić information content (AvgIpc) is 2.62. The molecule has 0 spiro atoms. The highest BCUT2D eigenvalue weighted by atomic mass is 16.4. The van der Waals surface area contributed by atoms with Crippen molar-refractivity contribution in [1.82, 2.24) is 0 Å². The quantitative estimate of drug-likeness (QED) is 0.561. The van der Waals surface area contributed by atoms with Gasteiger partial charge in [-0.3, -0.25) is 0 Å². The molecule has 0 unspecified atom stereocenters. The molecule has 0 saturated heterocycles. The van der Waals surface area contributed by atoms with Gasteiger partial charge in [0.15, 0.2) is 0 Å². The summed E-state index contributed by atoms with van der Waals surface area (Å²) < 4.78 is 0. The van der Waals surface area contributed by atoms with Gasteiger partial charge < -0.3 is 20.8 Å². The van der Waals surface area contributed by atoms with Crippen molar-refractivity contribution >= 4 is 23.4 Å². The number of benzene rings is 3. The number of anilines is 2. The molecule has 0 heterocycles. The van der Waals surface area contributed by atoms with E-state index < -0.39 is 17.7 Å². The van der Waals surface area contributed by atoms with E-state index in [4.69, 9.17) is 5.11 Å². The van der Waals surface area contributed by atoms with Gasteiger partial charge in [-0.2, -0.15) is 0 Å². The predicted octanol–water partition coefficient (Wildman–Crippen LogP) is 4.40. The Bertz CT molecular complexity index is 955. The van der Waals surface area contributed by atoms with Crippen LogP contribution in [0.15, 0.2) is 72.8 Å². The Morgan fingerprint density at radius 3 is 2.04 bits per heavy atom. The second-order valence-corrected chi connectivity index (χ2v) is 5.56. The van der Waals surface area contributed by atoms with Crippen molar-refractivity contribution in [2.75, 3.05) is 10.6 Å². The molecular formula is C20H16N2O4. The first kappa shape index (κ1) is 17.0. The molecule has 3 aromatic rings. The maximum absolute atomic E-state index is 12.1. The summed E-state index contributed by atoms with van der Waals surface area (Å²) in [5.74, 6) is -1.65. The highest BCUT2D eigenvalue weighted by Gasteiger charge is 2.11. The summed E-state index contributed by atoms with van der Waals surface area (Å²) in [4.78, 5) is 23.0. The minimum Gasteiger partial charge on any atom is -0.507 e. The fourth-order valence-electron chi connectivity index (χ4n) is 2.49. The van der Waals surface area contributed by atoms with E-state index in [9.17, 15) is 14.7 Å². The number of hydrogen-bond acceptors (Lipinski definition) is 3. The first-order chi connectivity index (χ1) is 12.5. The molecule has 6 nitrogen and oxygen atoms in total. The molecule has 0 aromatic heterocycles. The van der Waals surface area contributed by atoms with Gasteiger partial charge in [0, 0.05) is 17.4 Å². The topological polar surface area (TPSA) is 98.7 Å². The summed E-state index contributed by atoms with van der Waals surface area (Å²) in [6, 6.07) is 20.5. The summed E-state index contributed by atoms with van der Waals surface area (Å²) in [6.45, 7) is 0. The minimum atomic E-state index is -1.24. The zero-order valence-electron chi connectivity index (χ0n) is 13.6. The van der Waals surface area contributed by atoms with Gasteiger partial charge in [0.1, 0.15) is 11.3 Å². The number of phenols is 1. The molecule has 3 aromatic carbocycles. The van der Waals surface area contributed by atoms with Crippen LogP contribution < -0.4 is 10.6 Å². The minimum absolute atomic E-state index is 0.230. The lowest BCUT2D eigenvalue weighted by Crippen LogP contribution is -2.19. The smallest absolute Gasteiger partial charge is 0.339 e. The summed E-state index contributed by atoms with van der Waals surface area (Å²) >= 11 is 0. The number of amides is 2. The van der Waals surface area contributed by atoms with E-state index in [0.29, 0.717) is 5.69 Å². The number of hydrogen-bond donors (Lipinski definition) is 4. The Kier molecular flexibility index (Phi) is 4.85. The van der Waals surface area contributed by atoms with E-state index >= 15 is 0 Å². The molecule has 3 rings (SSSR count). The van der Waals surface area contributed by atoms with Gasteiger partial charge in [-0.25, -0.2) is 9.59 Å². The molecule has 0 fully saturated rings. The average molecular weight is 348 g/mol. The molecule has 0 aliphatic carbocycles. The normalized spacial score (nSPS) is 10.2. The van der Waals surface area contributed by atoms with Crippen LogP contribution in [0.25, 0.3) is 11.1 Å². The number of urea groups is 1. The van der Waals surface area contributed by atoms with E-state index in [0.717, 1.165) is 11.1 Å². The SMILES string of the molecule is O=C(Nc1cccc(-c2ccccc2)c1)Nc1ccc(C(=O)O)c(O)c1. The van der Waals surface area contributed by atoms with E-state index in [-0.39, 0.29) is 11.3 Å². The predicted molar refractivity (Wildman–Crippen MR) is 99.6 cm³/mol. The van der Waals surface area contributed by atoms with Crippen molar-refractivity contribution in [3.05, 3.63) is 78.4 Å². The maximum atomic E-state index is 12.1. The molecule has 0 bridgehead atoms. The summed E-state index contributed by atoms with van der Waals surface area (Å²) in [5, 5.41) is 23.8. The molecule has 0 atom stereocenters. The van der Waals surface area contributed by atoms with Gasteiger partial charge >= 0.3 is 12.0 Å². The van der Waals surface area contributed by atoms with Crippen LogP contribution in [-0.4, -0.2) is 22.2 Å². The maximum Gasteiger partial charge on any atom is 0.339 e. The highest BCUT2D eigenvalue weighted by molar-refractivity contribution is 6.01. The number of carbonyl (C=O) groups is 2. The van der Waals surface area contributed by atoms with Gasteiger partial charge in [-0.05, 0) is 35.4 Å². The lowest BCUT2D eigenvalue weighted by molar-refractivity contribution is 0.0694. The van der Waals surface area contributed by atoms with Gasteiger partial charge in [0.25, 0.3) is 0 Å². The monoisotopic (exact) mass is 348 g/mol. The van der Waals surface area contributed by atoms with Crippen molar-refractivity contribution in [2.45, 2.75) is 0 Å². The molecule has 6 heteroatoms. The summed E-state index contributed by atoms with van der Waals surface area (Å²) in [7, 11) is 0. The van der Waals surface area contributed by atoms with Crippen molar-refractivity contribution in [1.29, 1.82) is 0 Å². The third kappa shape index (κ3) is 3.99. The second-order valence-electron chi connectivity index (χ2n) is 5.56. The Balaban J connectivity index is 1.71. The van der Waals surface area contributed by atoms with Crippen LogP contribution in [0.1, 0.15) is 10.4 Å². The Labute approximate surface area is 149 Å². The number of rotatable bonds is 4. The number of carboxylic acids is 1. The lowest BCUT2D eigenvalue weighted by atomic mass is 10.1. The summed E-state index contributed by atoms with van der Waals surface area (Å²) in [6.07, 6.45) is 0. The standard InChI is InChI=1S/C20H16N2O4/c23-18-12-16(9-10-17(18)19(24)25)22-20(26)21-15-8-4-7-14(11-15)13-5-2-1-3-6-13/h1-12,23H,(H,24,25)(H2,21,22,26). The van der Waals surface area contributed by atoms with Crippen molar-refractivity contribution in [2.24, 2.45) is 0 Å². The van der Waals surface area contributed by atoms with Crippen LogP contribution in [0.4, 0.5) is 16.2 Å². The van der Waals surface area contributed by atoms with E-state index in [1.165, 1.54) is 18.2 Å². The van der Waals surface area contributed by atoms with Crippen LogP contribution in [-0.2, 0) is 0 Å². The van der Waals surface area contributed by atoms with Crippen LogP contribution in [0.5, 0.6) is 5.75 Å². The third-order valence-electron chi connectivity index (χ3n) is 3.71. The fraction of sp³-hybridized carbons (Fsp3) is 0. The zero-order chi connectivity index (χ0) is 18.5. The van der Waals surface area contributed by atoms with Crippen molar-refractivity contribution < 1.29 is 19.8 Å². The third-order valence-corrected chi connectivity index (χ3v) is 3.71. The Morgan fingerprint density at radius 1 is 0.731 bits per heavy atom. The molecule has 0 aliphatic heterocycles.